The van der Waals surface area contributed by atoms with Crippen LogP contribution in [0.25, 0.3) is 0 Å². The summed E-state index contributed by atoms with van der Waals surface area (Å²) in [4.78, 5) is 14.6. The van der Waals surface area contributed by atoms with E-state index >= 15 is 0 Å². The van der Waals surface area contributed by atoms with Crippen molar-refractivity contribution in [3.8, 4) is 11.5 Å². The standard InChI is InChI=1S/C9H7BrF3NO4/c1-17-7-4(2-10)14-3-5(6(7)8(15)16)18-9(11,12)13/h3H,2H2,1H3,(H,15,16). The van der Waals surface area contributed by atoms with Gasteiger partial charge in [-0.3, -0.25) is 4.98 Å². The molecule has 0 spiro atoms. The van der Waals surface area contributed by atoms with E-state index in [0.717, 1.165) is 7.11 Å². The van der Waals surface area contributed by atoms with Gasteiger partial charge < -0.3 is 14.6 Å². The Hall–Kier alpha value is -1.51. The van der Waals surface area contributed by atoms with E-state index in [0.29, 0.717) is 6.20 Å². The Bertz CT molecular complexity index is 464. The monoisotopic (exact) mass is 329 g/mol. The second kappa shape index (κ2) is 5.42. The molecule has 1 N–H and O–H groups in total. The van der Waals surface area contributed by atoms with Gasteiger partial charge in [-0.1, -0.05) is 15.9 Å². The van der Waals surface area contributed by atoms with Crippen molar-refractivity contribution >= 4 is 21.9 Å². The number of ether oxygens (including phenoxy) is 2. The zero-order valence-electron chi connectivity index (χ0n) is 8.92. The molecule has 5 nitrogen and oxygen atoms in total. The molecule has 0 aromatic carbocycles. The summed E-state index contributed by atoms with van der Waals surface area (Å²) in [6, 6.07) is 0. The van der Waals surface area contributed by atoms with Crippen LogP contribution in [0.3, 0.4) is 0 Å². The molecule has 0 amide bonds. The Morgan fingerprint density at radius 2 is 2.17 bits per heavy atom. The fourth-order valence-corrected chi connectivity index (χ4v) is 1.63. The highest BCUT2D eigenvalue weighted by Crippen LogP contribution is 2.34. The van der Waals surface area contributed by atoms with Crippen LogP contribution in [0, 0.1) is 0 Å². The number of carboxylic acids is 1. The van der Waals surface area contributed by atoms with Crippen LogP contribution in [-0.2, 0) is 5.33 Å². The van der Waals surface area contributed by atoms with Crippen LogP contribution in [0.2, 0.25) is 0 Å². The minimum Gasteiger partial charge on any atom is -0.494 e. The second-order valence-electron chi connectivity index (χ2n) is 2.96. The molecule has 0 aliphatic heterocycles. The molecular weight excluding hydrogens is 323 g/mol. The number of carboxylic acid groups (broad SMARTS) is 1. The summed E-state index contributed by atoms with van der Waals surface area (Å²) in [5.74, 6) is -2.80. The number of alkyl halides is 4. The van der Waals surface area contributed by atoms with Crippen LogP contribution >= 0.6 is 15.9 Å². The number of hydrogen-bond donors (Lipinski definition) is 1. The van der Waals surface area contributed by atoms with Gasteiger partial charge in [-0.25, -0.2) is 4.79 Å². The molecule has 0 unspecified atom stereocenters. The summed E-state index contributed by atoms with van der Waals surface area (Å²) in [5.41, 5.74) is -0.566. The molecule has 1 aromatic heterocycles. The minimum absolute atomic E-state index is 0.128. The lowest BCUT2D eigenvalue weighted by atomic mass is 10.2. The van der Waals surface area contributed by atoms with Crippen molar-refractivity contribution in [2.45, 2.75) is 11.7 Å². The lowest BCUT2D eigenvalue weighted by molar-refractivity contribution is -0.274. The number of rotatable bonds is 4. The lowest BCUT2D eigenvalue weighted by Crippen LogP contribution is -2.20. The van der Waals surface area contributed by atoms with Crippen LogP contribution in [0.5, 0.6) is 11.5 Å². The first-order valence-corrected chi connectivity index (χ1v) is 5.53. The fourth-order valence-electron chi connectivity index (χ4n) is 1.24. The number of carbonyl (C=O) groups is 1. The smallest absolute Gasteiger partial charge is 0.494 e. The average molecular weight is 330 g/mol. The number of aromatic nitrogens is 1. The fraction of sp³-hybridized carbons (Fsp3) is 0.333. The Balaban J connectivity index is 3.39. The summed E-state index contributed by atoms with van der Waals surface area (Å²) in [6.45, 7) is 0. The SMILES string of the molecule is COc1c(CBr)ncc(OC(F)(F)F)c1C(=O)O. The van der Waals surface area contributed by atoms with Crippen molar-refractivity contribution in [2.75, 3.05) is 7.11 Å². The number of halogens is 4. The largest absolute Gasteiger partial charge is 0.573 e. The van der Waals surface area contributed by atoms with Crippen molar-refractivity contribution in [2.24, 2.45) is 0 Å². The Kier molecular flexibility index (Phi) is 4.38. The Morgan fingerprint density at radius 3 is 2.56 bits per heavy atom. The number of pyridine rings is 1. The minimum atomic E-state index is -5.01. The normalized spacial score (nSPS) is 11.2. The number of nitrogens with zero attached hydrogens (tertiary/aromatic N) is 1. The number of hydrogen-bond acceptors (Lipinski definition) is 4. The molecule has 0 bridgehead atoms. The summed E-state index contributed by atoms with van der Waals surface area (Å²) in [6.07, 6.45) is -4.32. The summed E-state index contributed by atoms with van der Waals surface area (Å²) in [5, 5.41) is 9.05. The van der Waals surface area contributed by atoms with Crippen LogP contribution in [0.1, 0.15) is 16.1 Å². The van der Waals surface area contributed by atoms with Gasteiger partial charge in [0.1, 0.15) is 5.56 Å². The van der Waals surface area contributed by atoms with Gasteiger partial charge in [-0.2, -0.15) is 0 Å². The van der Waals surface area contributed by atoms with Crippen molar-refractivity contribution in [3.63, 3.8) is 0 Å². The first kappa shape index (κ1) is 14.6. The van der Waals surface area contributed by atoms with Crippen molar-refractivity contribution < 1.29 is 32.5 Å². The molecule has 0 atom stereocenters. The van der Waals surface area contributed by atoms with E-state index in [1.54, 1.807) is 0 Å². The van der Waals surface area contributed by atoms with Gasteiger partial charge in [0.25, 0.3) is 0 Å². The number of aromatic carboxylic acids is 1. The molecule has 0 aliphatic carbocycles. The van der Waals surface area contributed by atoms with Crippen LogP contribution in [-0.4, -0.2) is 29.5 Å². The molecule has 0 aliphatic rings. The molecule has 1 rings (SSSR count). The first-order chi connectivity index (χ1) is 8.30. The third-order valence-corrected chi connectivity index (χ3v) is 2.37. The molecule has 0 saturated heterocycles. The Labute approximate surface area is 108 Å². The molecule has 9 heteroatoms. The molecule has 100 valence electrons. The van der Waals surface area contributed by atoms with Crippen LogP contribution in [0.15, 0.2) is 6.20 Å². The highest BCUT2D eigenvalue weighted by Gasteiger charge is 2.35. The van der Waals surface area contributed by atoms with Gasteiger partial charge in [0.2, 0.25) is 0 Å². The summed E-state index contributed by atoms with van der Waals surface area (Å²) < 4.78 is 44.7. The predicted octanol–water partition coefficient (Wildman–Crippen LogP) is 2.58. The van der Waals surface area contributed by atoms with Crippen LogP contribution in [0.4, 0.5) is 13.2 Å². The maximum atomic E-state index is 12.1. The maximum Gasteiger partial charge on any atom is 0.573 e. The van der Waals surface area contributed by atoms with E-state index in [1.807, 2.05) is 0 Å². The van der Waals surface area contributed by atoms with E-state index in [9.17, 15) is 18.0 Å². The van der Waals surface area contributed by atoms with Gasteiger partial charge in [0.05, 0.1) is 19.0 Å². The van der Waals surface area contributed by atoms with Gasteiger partial charge in [0.15, 0.2) is 11.5 Å². The topological polar surface area (TPSA) is 68.7 Å². The van der Waals surface area contributed by atoms with Gasteiger partial charge in [-0.05, 0) is 0 Å². The zero-order valence-corrected chi connectivity index (χ0v) is 10.5. The van der Waals surface area contributed by atoms with Crippen LogP contribution < -0.4 is 9.47 Å². The van der Waals surface area contributed by atoms with Gasteiger partial charge >= 0.3 is 12.3 Å². The quantitative estimate of drug-likeness (QED) is 0.860. The highest BCUT2D eigenvalue weighted by atomic mass is 79.9. The van der Waals surface area contributed by atoms with Gasteiger partial charge in [-0.15, -0.1) is 13.2 Å². The van der Waals surface area contributed by atoms with Crippen molar-refractivity contribution in [1.82, 2.24) is 4.98 Å². The molecule has 1 heterocycles. The van der Waals surface area contributed by atoms with Gasteiger partial charge in [0, 0.05) is 5.33 Å². The molecule has 1 aromatic rings. The maximum absolute atomic E-state index is 12.1. The van der Waals surface area contributed by atoms with E-state index in [1.165, 1.54) is 0 Å². The number of methoxy groups -OCH3 is 1. The van der Waals surface area contributed by atoms with Crippen molar-refractivity contribution in [1.29, 1.82) is 0 Å². The highest BCUT2D eigenvalue weighted by molar-refractivity contribution is 9.08. The first-order valence-electron chi connectivity index (χ1n) is 4.41. The molecular formula is C9H7BrF3NO4. The summed E-state index contributed by atoms with van der Waals surface area (Å²) in [7, 11) is 1.13. The van der Waals surface area contributed by atoms with Crippen molar-refractivity contribution in [3.05, 3.63) is 17.5 Å². The Morgan fingerprint density at radius 1 is 1.56 bits per heavy atom. The molecule has 0 saturated carbocycles. The lowest BCUT2D eigenvalue weighted by Gasteiger charge is -2.14. The predicted molar refractivity (Wildman–Crippen MR) is 57.1 cm³/mol. The van der Waals surface area contributed by atoms with E-state index < -0.39 is 23.6 Å². The average Bonchev–Trinajstić information content (AvgIpc) is 2.25. The molecule has 0 fully saturated rings. The van der Waals surface area contributed by atoms with E-state index in [-0.39, 0.29) is 16.8 Å². The summed E-state index contributed by atoms with van der Waals surface area (Å²) >= 11 is 3.02. The third-order valence-electron chi connectivity index (χ3n) is 1.84. The molecule has 0 radical (unpaired) electrons. The van der Waals surface area contributed by atoms with E-state index in [4.69, 9.17) is 9.84 Å². The zero-order chi connectivity index (χ0) is 13.9. The second-order valence-corrected chi connectivity index (χ2v) is 3.52. The van der Waals surface area contributed by atoms with E-state index in [2.05, 4.69) is 25.7 Å². The third kappa shape index (κ3) is 3.25. The molecule has 18 heavy (non-hydrogen) atoms.